The second-order valence-electron chi connectivity index (χ2n) is 9.12. The molecule has 0 amide bonds. The molecule has 7 heteroatoms. The number of hydrogen-bond donors (Lipinski definition) is 1. The number of imidazole rings is 1. The Hall–Kier alpha value is -3.06. The Labute approximate surface area is 197 Å². The lowest BCUT2D eigenvalue weighted by Gasteiger charge is -2.24. The molecule has 0 saturated heterocycles. The van der Waals surface area contributed by atoms with Crippen molar-refractivity contribution in [2.45, 2.75) is 38.4 Å². The van der Waals surface area contributed by atoms with E-state index in [-0.39, 0.29) is 0 Å². The number of nitrogens with zero attached hydrogens (tertiary/aromatic N) is 4. The molecule has 33 heavy (non-hydrogen) atoms. The first-order valence-electron chi connectivity index (χ1n) is 11.5. The fourth-order valence-corrected chi connectivity index (χ4v) is 5.43. The van der Waals surface area contributed by atoms with E-state index in [4.69, 9.17) is 14.7 Å². The van der Waals surface area contributed by atoms with E-state index in [2.05, 4.69) is 64.4 Å². The van der Waals surface area contributed by atoms with Crippen LogP contribution in [-0.4, -0.2) is 39.3 Å². The average Bonchev–Trinajstić information content (AvgIpc) is 3.30. The van der Waals surface area contributed by atoms with Gasteiger partial charge in [0.2, 0.25) is 0 Å². The topological polar surface area (TPSA) is 66.9 Å². The number of nitrogens with one attached hydrogen (secondary N) is 1. The molecular weight excluding hydrogens is 430 g/mol. The number of aromatic amines is 1. The summed E-state index contributed by atoms with van der Waals surface area (Å²) in [5.41, 5.74) is 8.14. The fraction of sp³-hybridized carbons (Fsp3) is 0.346. The predicted octanol–water partition coefficient (Wildman–Crippen LogP) is 5.18. The molecule has 1 aliphatic heterocycles. The number of H-pyrrole nitrogens is 1. The summed E-state index contributed by atoms with van der Waals surface area (Å²) in [6, 6.07) is 12.9. The van der Waals surface area contributed by atoms with E-state index in [0.717, 1.165) is 59.5 Å². The quantitative estimate of drug-likeness (QED) is 0.338. The monoisotopic (exact) mass is 457 g/mol. The molecule has 1 N–H and O–H groups in total. The fourth-order valence-electron chi connectivity index (χ4n) is 5.05. The first-order valence-corrected chi connectivity index (χ1v) is 12.7. The minimum atomic E-state index is 0.619. The number of rotatable bonds is 3. The molecule has 4 aromatic rings. The summed E-state index contributed by atoms with van der Waals surface area (Å²) in [7, 11) is 0. The van der Waals surface area contributed by atoms with E-state index in [1.54, 1.807) is 11.8 Å². The largest absolute Gasteiger partial charge is 0.491 e. The van der Waals surface area contributed by atoms with Gasteiger partial charge >= 0.3 is 0 Å². The van der Waals surface area contributed by atoms with E-state index in [0.29, 0.717) is 12.5 Å². The van der Waals surface area contributed by atoms with Crippen LogP contribution in [0.5, 0.6) is 5.75 Å². The first-order chi connectivity index (χ1) is 16.1. The van der Waals surface area contributed by atoms with Crippen LogP contribution in [0.2, 0.25) is 0 Å². The van der Waals surface area contributed by atoms with Gasteiger partial charge in [-0.25, -0.2) is 15.0 Å². The number of ether oxygens (including phenoxy) is 1. The number of anilines is 1. The SMILES string of the molecule is CSc1nc2c(c(N3CCOc4ccc(-c5ccc6nc(C)[nH]c6c5)cc4C3)n1)CC(C)C2. The Morgan fingerprint density at radius 2 is 1.91 bits per heavy atom. The molecule has 2 aliphatic rings. The van der Waals surface area contributed by atoms with Crippen LogP contribution in [0, 0.1) is 12.8 Å². The van der Waals surface area contributed by atoms with Gasteiger partial charge in [-0.3, -0.25) is 0 Å². The van der Waals surface area contributed by atoms with Gasteiger partial charge < -0.3 is 14.6 Å². The Bertz CT molecular complexity index is 1360. The van der Waals surface area contributed by atoms with Crippen molar-refractivity contribution in [3.05, 3.63) is 59.0 Å². The van der Waals surface area contributed by atoms with Crippen molar-refractivity contribution >= 4 is 28.6 Å². The zero-order valence-electron chi connectivity index (χ0n) is 19.2. The molecule has 2 aromatic heterocycles. The molecule has 0 radical (unpaired) electrons. The van der Waals surface area contributed by atoms with Crippen molar-refractivity contribution in [3.63, 3.8) is 0 Å². The normalized spacial score (nSPS) is 17.5. The number of fused-ring (bicyclic) bond motifs is 3. The van der Waals surface area contributed by atoms with Crippen molar-refractivity contribution in [2.24, 2.45) is 5.92 Å². The lowest BCUT2D eigenvalue weighted by Crippen LogP contribution is -2.27. The van der Waals surface area contributed by atoms with Gasteiger partial charge in [0.15, 0.2) is 5.16 Å². The zero-order chi connectivity index (χ0) is 22.5. The van der Waals surface area contributed by atoms with E-state index in [9.17, 15) is 0 Å². The van der Waals surface area contributed by atoms with Gasteiger partial charge in [0.1, 0.15) is 24.0 Å². The summed E-state index contributed by atoms with van der Waals surface area (Å²) in [5.74, 6) is 3.60. The number of hydrogen-bond acceptors (Lipinski definition) is 6. The van der Waals surface area contributed by atoms with Gasteiger partial charge in [-0.15, -0.1) is 0 Å². The maximum absolute atomic E-state index is 6.16. The van der Waals surface area contributed by atoms with Gasteiger partial charge in [0.25, 0.3) is 0 Å². The van der Waals surface area contributed by atoms with E-state index in [1.165, 1.54) is 27.9 Å². The Morgan fingerprint density at radius 3 is 2.79 bits per heavy atom. The first kappa shape index (κ1) is 20.5. The maximum atomic E-state index is 6.16. The highest BCUT2D eigenvalue weighted by Gasteiger charge is 2.28. The lowest BCUT2D eigenvalue weighted by molar-refractivity contribution is 0.331. The predicted molar refractivity (Wildman–Crippen MR) is 133 cm³/mol. The van der Waals surface area contributed by atoms with E-state index >= 15 is 0 Å². The van der Waals surface area contributed by atoms with Gasteiger partial charge in [-0.05, 0) is 67.3 Å². The summed E-state index contributed by atoms with van der Waals surface area (Å²) in [6.07, 6.45) is 4.14. The minimum Gasteiger partial charge on any atom is -0.491 e. The van der Waals surface area contributed by atoms with Gasteiger partial charge in [-0.1, -0.05) is 30.8 Å². The number of aryl methyl sites for hydroxylation is 1. The minimum absolute atomic E-state index is 0.619. The molecule has 6 rings (SSSR count). The summed E-state index contributed by atoms with van der Waals surface area (Å²) in [4.78, 5) is 20.0. The molecule has 2 aromatic carbocycles. The van der Waals surface area contributed by atoms with Crippen LogP contribution >= 0.6 is 11.8 Å². The van der Waals surface area contributed by atoms with Crippen molar-refractivity contribution < 1.29 is 4.74 Å². The third-order valence-electron chi connectivity index (χ3n) is 6.60. The van der Waals surface area contributed by atoms with Crippen LogP contribution in [-0.2, 0) is 19.4 Å². The standard InChI is InChI=1S/C26H27N5OS/c1-15-10-20-22(11-15)29-26(33-3)30-25(20)31-8-9-32-24-7-5-17(12-19(24)14-31)18-4-6-21-23(13-18)28-16(2)27-21/h4-7,12-13,15H,8-11,14H2,1-3H3,(H,27,28). The maximum Gasteiger partial charge on any atom is 0.189 e. The Kier molecular flexibility index (Phi) is 5.02. The highest BCUT2D eigenvalue weighted by Crippen LogP contribution is 2.36. The molecule has 0 spiro atoms. The van der Waals surface area contributed by atoms with Gasteiger partial charge in [0.05, 0.1) is 23.3 Å². The molecule has 1 aliphatic carbocycles. The second-order valence-corrected chi connectivity index (χ2v) is 9.89. The molecular formula is C26H27N5OS. The molecule has 1 atom stereocenters. The molecule has 0 bridgehead atoms. The molecule has 0 fully saturated rings. The number of benzene rings is 2. The van der Waals surface area contributed by atoms with E-state index < -0.39 is 0 Å². The third kappa shape index (κ3) is 3.74. The van der Waals surface area contributed by atoms with Crippen molar-refractivity contribution in [1.82, 2.24) is 19.9 Å². The van der Waals surface area contributed by atoms with Gasteiger partial charge in [-0.2, -0.15) is 0 Å². The third-order valence-corrected chi connectivity index (χ3v) is 7.15. The summed E-state index contributed by atoms with van der Waals surface area (Å²) >= 11 is 1.62. The van der Waals surface area contributed by atoms with Gasteiger partial charge in [0, 0.05) is 17.7 Å². The molecule has 6 nitrogen and oxygen atoms in total. The average molecular weight is 458 g/mol. The van der Waals surface area contributed by atoms with Crippen LogP contribution < -0.4 is 9.64 Å². The molecule has 3 heterocycles. The highest BCUT2D eigenvalue weighted by atomic mass is 32.2. The van der Waals surface area contributed by atoms with Crippen LogP contribution in [0.15, 0.2) is 41.6 Å². The number of aromatic nitrogens is 4. The van der Waals surface area contributed by atoms with Crippen LogP contribution in [0.3, 0.4) is 0 Å². The summed E-state index contributed by atoms with van der Waals surface area (Å²) in [6.45, 7) is 6.53. The lowest BCUT2D eigenvalue weighted by atomic mass is 10.0. The molecule has 1 unspecified atom stereocenters. The highest BCUT2D eigenvalue weighted by molar-refractivity contribution is 7.98. The number of thioether (sulfide) groups is 1. The molecule has 0 saturated carbocycles. The van der Waals surface area contributed by atoms with Crippen LogP contribution in [0.1, 0.15) is 29.6 Å². The smallest absolute Gasteiger partial charge is 0.189 e. The molecule has 168 valence electrons. The second kappa shape index (κ2) is 8.06. The Morgan fingerprint density at radius 1 is 1.06 bits per heavy atom. The summed E-state index contributed by atoms with van der Waals surface area (Å²) < 4.78 is 6.16. The Balaban J connectivity index is 1.38. The van der Waals surface area contributed by atoms with E-state index in [1.807, 2.05) is 6.92 Å². The van der Waals surface area contributed by atoms with Crippen LogP contribution in [0.4, 0.5) is 5.82 Å². The van der Waals surface area contributed by atoms with Crippen LogP contribution in [0.25, 0.3) is 22.2 Å². The summed E-state index contributed by atoms with van der Waals surface area (Å²) in [5, 5.41) is 0.861. The zero-order valence-corrected chi connectivity index (χ0v) is 20.0. The van der Waals surface area contributed by atoms with Crippen molar-refractivity contribution in [2.75, 3.05) is 24.3 Å². The van der Waals surface area contributed by atoms with Crippen molar-refractivity contribution in [1.29, 1.82) is 0 Å². The van der Waals surface area contributed by atoms with Crippen molar-refractivity contribution in [3.8, 4) is 16.9 Å².